The second kappa shape index (κ2) is 10.2. The van der Waals surface area contributed by atoms with Crippen LogP contribution < -0.4 is 4.74 Å². The molecule has 8 heteroatoms. The smallest absolute Gasteiger partial charge is 0.344 e. The minimum atomic E-state index is -3.81. The van der Waals surface area contributed by atoms with E-state index in [4.69, 9.17) is 32.7 Å². The van der Waals surface area contributed by atoms with Gasteiger partial charge in [-0.1, -0.05) is 59.6 Å². The van der Waals surface area contributed by atoms with Crippen LogP contribution in [-0.4, -0.2) is 26.6 Å². The summed E-state index contributed by atoms with van der Waals surface area (Å²) in [7, 11) is -3.81. The van der Waals surface area contributed by atoms with Crippen LogP contribution in [0.3, 0.4) is 0 Å². The summed E-state index contributed by atoms with van der Waals surface area (Å²) in [6.07, 6.45) is 0. The van der Waals surface area contributed by atoms with Gasteiger partial charge in [0.05, 0.1) is 10.6 Å². The Bertz CT molecular complexity index is 1230. The van der Waals surface area contributed by atoms with Gasteiger partial charge in [-0.2, -0.15) is 0 Å². The number of sulfone groups is 1. The normalized spacial score (nSPS) is 11.8. The third-order valence-electron chi connectivity index (χ3n) is 4.47. The molecule has 0 aromatic heterocycles. The number of carbonyl (C=O) groups is 1. The van der Waals surface area contributed by atoms with E-state index in [-0.39, 0.29) is 33.0 Å². The lowest BCUT2D eigenvalue weighted by Gasteiger charge is -2.20. The van der Waals surface area contributed by atoms with Gasteiger partial charge in [-0.3, -0.25) is 0 Å². The molecule has 0 unspecified atom stereocenters. The number of ether oxygens (including phenoxy) is 2. The first-order valence-electron chi connectivity index (χ1n) is 10.1. The van der Waals surface area contributed by atoms with Crippen LogP contribution in [0.4, 0.5) is 0 Å². The van der Waals surface area contributed by atoms with Gasteiger partial charge >= 0.3 is 5.97 Å². The van der Waals surface area contributed by atoms with Crippen molar-refractivity contribution in [1.82, 2.24) is 0 Å². The Balaban J connectivity index is 1.96. The molecule has 3 aromatic rings. The van der Waals surface area contributed by atoms with Gasteiger partial charge in [0, 0.05) is 15.6 Å². The molecular formula is C25H24Cl2O5S. The summed E-state index contributed by atoms with van der Waals surface area (Å²) in [5.74, 6) is -0.643. The highest BCUT2D eigenvalue weighted by molar-refractivity contribution is 7.90. The lowest BCUT2D eigenvalue weighted by Crippen LogP contribution is -2.27. The zero-order valence-electron chi connectivity index (χ0n) is 18.5. The molecule has 174 valence electrons. The summed E-state index contributed by atoms with van der Waals surface area (Å²) in [4.78, 5) is 12.1. The number of esters is 1. The van der Waals surface area contributed by atoms with Crippen molar-refractivity contribution >= 4 is 39.0 Å². The molecule has 0 bridgehead atoms. The first-order valence-corrected chi connectivity index (χ1v) is 12.6. The average molecular weight is 507 g/mol. The number of benzene rings is 3. The Kier molecular flexibility index (Phi) is 7.73. The Labute approximate surface area is 204 Å². The molecule has 0 aliphatic rings. The van der Waals surface area contributed by atoms with E-state index in [1.165, 1.54) is 18.2 Å². The molecule has 0 amide bonds. The van der Waals surface area contributed by atoms with Crippen LogP contribution in [0, 0.1) is 0 Å². The minimum Gasteiger partial charge on any atom is -0.482 e. The van der Waals surface area contributed by atoms with Crippen molar-refractivity contribution < 1.29 is 22.7 Å². The van der Waals surface area contributed by atoms with Gasteiger partial charge in [0.1, 0.15) is 11.4 Å². The molecule has 0 saturated carbocycles. The van der Waals surface area contributed by atoms with Crippen molar-refractivity contribution in [3.05, 3.63) is 82.3 Å². The van der Waals surface area contributed by atoms with Gasteiger partial charge in [-0.05, 0) is 62.2 Å². The average Bonchev–Trinajstić information content (AvgIpc) is 2.71. The van der Waals surface area contributed by atoms with Gasteiger partial charge in [-0.25, -0.2) is 13.2 Å². The van der Waals surface area contributed by atoms with E-state index in [1.807, 2.05) is 36.4 Å². The Morgan fingerprint density at radius 2 is 1.52 bits per heavy atom. The van der Waals surface area contributed by atoms with E-state index in [0.717, 1.165) is 11.1 Å². The first-order chi connectivity index (χ1) is 15.4. The van der Waals surface area contributed by atoms with E-state index in [9.17, 15) is 13.2 Å². The van der Waals surface area contributed by atoms with E-state index in [1.54, 1.807) is 32.9 Å². The van der Waals surface area contributed by atoms with Crippen LogP contribution >= 0.6 is 23.2 Å². The van der Waals surface area contributed by atoms with Gasteiger partial charge < -0.3 is 9.47 Å². The molecule has 0 spiro atoms. The van der Waals surface area contributed by atoms with Gasteiger partial charge in [-0.15, -0.1) is 0 Å². The van der Waals surface area contributed by atoms with Crippen LogP contribution in [0.25, 0.3) is 11.1 Å². The zero-order chi connectivity index (χ0) is 24.2. The Hall–Kier alpha value is -2.54. The molecule has 0 N–H and O–H groups in total. The molecule has 33 heavy (non-hydrogen) atoms. The van der Waals surface area contributed by atoms with Crippen molar-refractivity contribution in [2.45, 2.75) is 37.0 Å². The molecule has 0 atom stereocenters. The van der Waals surface area contributed by atoms with Crippen molar-refractivity contribution in [2.24, 2.45) is 0 Å². The molecule has 0 fully saturated rings. The molecule has 5 nitrogen and oxygen atoms in total. The monoisotopic (exact) mass is 506 g/mol. The summed E-state index contributed by atoms with van der Waals surface area (Å²) in [6, 6.07) is 18.9. The summed E-state index contributed by atoms with van der Waals surface area (Å²) in [6.45, 7) is 4.92. The van der Waals surface area contributed by atoms with Crippen molar-refractivity contribution in [1.29, 1.82) is 0 Å². The lowest BCUT2D eigenvalue weighted by molar-refractivity contribution is -0.157. The second-order valence-corrected chi connectivity index (χ2v) is 11.3. The maximum Gasteiger partial charge on any atom is 0.344 e. The molecule has 0 radical (unpaired) electrons. The predicted octanol–water partition coefficient (Wildman–Crippen LogP) is 6.35. The maximum absolute atomic E-state index is 13.2. The van der Waals surface area contributed by atoms with Gasteiger partial charge in [0.2, 0.25) is 0 Å². The fraction of sp³-hybridized carbons (Fsp3) is 0.240. The van der Waals surface area contributed by atoms with E-state index >= 15 is 0 Å². The van der Waals surface area contributed by atoms with Crippen LogP contribution in [0.5, 0.6) is 5.75 Å². The van der Waals surface area contributed by atoms with Crippen molar-refractivity contribution in [3.8, 4) is 16.9 Å². The van der Waals surface area contributed by atoms with Crippen molar-refractivity contribution in [3.63, 3.8) is 0 Å². The van der Waals surface area contributed by atoms with Crippen LogP contribution in [-0.2, 0) is 25.1 Å². The number of hydrogen-bond donors (Lipinski definition) is 0. The standard InChI is InChI=1S/C25H24Cl2O5S/c1-25(2,3)32-24(28)15-31-23-10-9-18(17-7-5-4-6-8-17)11-19(23)16-33(29,30)22-13-20(26)12-21(27)14-22/h4-14H,15-16H2,1-3H3. The third kappa shape index (κ3) is 7.22. The van der Waals surface area contributed by atoms with Gasteiger partial charge in [0.25, 0.3) is 0 Å². The van der Waals surface area contributed by atoms with E-state index in [2.05, 4.69) is 0 Å². The van der Waals surface area contributed by atoms with Gasteiger partial charge in [0.15, 0.2) is 16.4 Å². The lowest BCUT2D eigenvalue weighted by atomic mass is 10.0. The number of rotatable bonds is 7. The summed E-state index contributed by atoms with van der Waals surface area (Å²) < 4.78 is 37.3. The number of carbonyl (C=O) groups excluding carboxylic acids is 1. The zero-order valence-corrected chi connectivity index (χ0v) is 20.8. The predicted molar refractivity (Wildman–Crippen MR) is 131 cm³/mol. The molecule has 0 heterocycles. The summed E-state index contributed by atoms with van der Waals surface area (Å²) in [5, 5.41) is 0.445. The Morgan fingerprint density at radius 3 is 2.12 bits per heavy atom. The summed E-state index contributed by atoms with van der Waals surface area (Å²) >= 11 is 12.0. The topological polar surface area (TPSA) is 69.7 Å². The highest BCUT2D eigenvalue weighted by atomic mass is 35.5. The highest BCUT2D eigenvalue weighted by Gasteiger charge is 2.22. The molecule has 3 aromatic carbocycles. The molecular weight excluding hydrogens is 483 g/mol. The van der Waals surface area contributed by atoms with E-state index in [0.29, 0.717) is 5.56 Å². The second-order valence-electron chi connectivity index (χ2n) is 8.43. The molecule has 0 aliphatic carbocycles. The molecule has 3 rings (SSSR count). The van der Waals surface area contributed by atoms with Crippen LogP contribution in [0.15, 0.2) is 71.6 Å². The van der Waals surface area contributed by atoms with Crippen LogP contribution in [0.1, 0.15) is 26.3 Å². The Morgan fingerprint density at radius 1 is 0.879 bits per heavy atom. The maximum atomic E-state index is 13.2. The number of halogens is 2. The summed E-state index contributed by atoms with van der Waals surface area (Å²) in [5.41, 5.74) is 1.47. The van der Waals surface area contributed by atoms with Crippen molar-refractivity contribution in [2.75, 3.05) is 6.61 Å². The largest absolute Gasteiger partial charge is 0.482 e. The first kappa shape index (κ1) is 25.1. The number of hydrogen-bond acceptors (Lipinski definition) is 5. The highest BCUT2D eigenvalue weighted by Crippen LogP contribution is 2.31. The SMILES string of the molecule is CC(C)(C)OC(=O)COc1ccc(-c2ccccc2)cc1CS(=O)(=O)c1cc(Cl)cc(Cl)c1. The van der Waals surface area contributed by atoms with E-state index < -0.39 is 21.4 Å². The minimum absolute atomic E-state index is 0.00297. The third-order valence-corrected chi connectivity index (χ3v) is 6.56. The fourth-order valence-electron chi connectivity index (χ4n) is 3.15. The van der Waals surface area contributed by atoms with Crippen LogP contribution in [0.2, 0.25) is 10.0 Å². The fourth-order valence-corrected chi connectivity index (χ4v) is 5.22. The molecule has 0 saturated heterocycles. The quantitative estimate of drug-likeness (QED) is 0.349. The molecule has 0 aliphatic heterocycles.